The third kappa shape index (κ3) is 0.735. The van der Waals surface area contributed by atoms with Crippen LogP contribution in [-0.2, 0) is 0 Å². The molecule has 1 saturated carbocycles. The van der Waals surface area contributed by atoms with Gasteiger partial charge in [0, 0.05) is 0 Å². The van der Waals surface area contributed by atoms with Gasteiger partial charge in [0.1, 0.15) is 18.2 Å². The van der Waals surface area contributed by atoms with Crippen molar-refractivity contribution in [3.63, 3.8) is 0 Å². The maximum Gasteiger partial charge on any atom is 0.112 e. The van der Waals surface area contributed by atoms with E-state index < -0.39 is 0 Å². The summed E-state index contributed by atoms with van der Waals surface area (Å²) in [5.74, 6) is 1.48. The maximum absolute atomic E-state index is 5.55. The van der Waals surface area contributed by atoms with Crippen molar-refractivity contribution in [1.29, 1.82) is 0 Å². The number of rotatable bonds is 0. The first kappa shape index (κ1) is 5.89. The molecule has 1 aliphatic carbocycles. The van der Waals surface area contributed by atoms with Gasteiger partial charge in [-0.05, 0) is 19.3 Å². The molecule has 0 aromatic rings. The lowest BCUT2D eigenvalue weighted by atomic mass is 10.0. The Hall–Kier alpha value is -0.860. The molecule has 0 aromatic carbocycles. The molecule has 2 rings (SSSR count). The van der Waals surface area contributed by atoms with E-state index in [9.17, 15) is 0 Å². The summed E-state index contributed by atoms with van der Waals surface area (Å²) in [6, 6.07) is 0.910. The fourth-order valence-electron chi connectivity index (χ4n) is 0.963. The lowest BCUT2D eigenvalue weighted by molar-refractivity contribution is 1.09. The Morgan fingerprint density at radius 2 is 2.20 bits per heavy atom. The Morgan fingerprint density at radius 3 is 3.00 bits per heavy atom. The lowest BCUT2D eigenvalue weighted by Crippen LogP contribution is -2.26. The van der Waals surface area contributed by atoms with Crippen LogP contribution in [0, 0.1) is 31.2 Å². The molecule has 0 bridgehead atoms. The molecule has 0 atom stereocenters. The van der Waals surface area contributed by atoms with Crippen LogP contribution in [0.25, 0.3) is 0 Å². The van der Waals surface area contributed by atoms with Crippen LogP contribution in [0.15, 0.2) is 9.98 Å². The molecule has 1 aliphatic heterocycles. The predicted molar refractivity (Wildman–Crippen MR) is 39.5 cm³/mol. The fourth-order valence-corrected chi connectivity index (χ4v) is 0.963. The Bertz CT molecular complexity index is 195. The molecule has 0 amide bonds. The molecule has 0 saturated heterocycles. The van der Waals surface area contributed by atoms with Crippen molar-refractivity contribution in [3.8, 4) is 0 Å². The summed E-state index contributed by atoms with van der Waals surface area (Å²) in [4.78, 5) is 7.86. The molecule has 0 aromatic heterocycles. The van der Waals surface area contributed by atoms with Gasteiger partial charge >= 0.3 is 0 Å². The van der Waals surface area contributed by atoms with Gasteiger partial charge in [0.05, 0.1) is 5.92 Å². The van der Waals surface area contributed by atoms with E-state index in [0.29, 0.717) is 5.84 Å². The normalized spacial score (nSPS) is 26.6. The standard InChI is InChI=1S/C7H6N3/c8-7-5-2-1-3-6(5)9-4-10-7/h1-4H,(H2,8,9,10). The first-order valence-electron chi connectivity index (χ1n) is 3.00. The van der Waals surface area contributed by atoms with Crippen molar-refractivity contribution in [2.75, 3.05) is 0 Å². The van der Waals surface area contributed by atoms with Crippen molar-refractivity contribution in [2.24, 2.45) is 15.7 Å². The van der Waals surface area contributed by atoms with Gasteiger partial charge in [0.2, 0.25) is 0 Å². The summed E-state index contributed by atoms with van der Waals surface area (Å²) >= 11 is 0. The second-order valence-corrected chi connectivity index (χ2v) is 2.08. The van der Waals surface area contributed by atoms with Gasteiger partial charge in [0.15, 0.2) is 0 Å². The number of hydrogen-bond donors (Lipinski definition) is 1. The minimum absolute atomic E-state index is 0.551. The highest BCUT2D eigenvalue weighted by Gasteiger charge is 2.33. The summed E-state index contributed by atoms with van der Waals surface area (Å²) in [5.41, 5.74) is 5.55. The van der Waals surface area contributed by atoms with Crippen LogP contribution < -0.4 is 5.73 Å². The maximum atomic E-state index is 5.55. The number of amidine groups is 1. The van der Waals surface area contributed by atoms with Gasteiger partial charge in [-0.15, -0.1) is 0 Å². The van der Waals surface area contributed by atoms with E-state index in [4.69, 9.17) is 5.73 Å². The lowest BCUT2D eigenvalue weighted by Gasteiger charge is -2.14. The molecule has 1 heterocycles. The van der Waals surface area contributed by atoms with Gasteiger partial charge in [0.25, 0.3) is 0 Å². The average Bonchev–Trinajstić information content (AvgIpc) is 2.36. The summed E-state index contributed by atoms with van der Waals surface area (Å²) in [6.45, 7) is 0. The first-order valence-corrected chi connectivity index (χ1v) is 3.00. The van der Waals surface area contributed by atoms with E-state index in [1.165, 1.54) is 6.34 Å². The molecule has 5 radical (unpaired) electrons. The Balaban J connectivity index is 2.24. The van der Waals surface area contributed by atoms with Crippen LogP contribution in [0.5, 0.6) is 0 Å². The largest absolute Gasteiger partial charge is 0.387 e. The quantitative estimate of drug-likeness (QED) is 0.500. The van der Waals surface area contributed by atoms with E-state index in [1.54, 1.807) is 0 Å². The third-order valence-corrected chi connectivity index (χ3v) is 1.46. The molecule has 0 unspecified atom stereocenters. The van der Waals surface area contributed by atoms with E-state index in [2.05, 4.69) is 9.98 Å². The van der Waals surface area contributed by atoms with Gasteiger partial charge in [-0.25, -0.2) is 4.99 Å². The zero-order valence-corrected chi connectivity index (χ0v) is 5.28. The van der Waals surface area contributed by atoms with Crippen LogP contribution >= 0.6 is 0 Å². The average molecular weight is 132 g/mol. The van der Waals surface area contributed by atoms with Crippen molar-refractivity contribution in [2.45, 2.75) is 0 Å². The monoisotopic (exact) mass is 132 g/mol. The zero-order valence-electron chi connectivity index (χ0n) is 5.28. The Morgan fingerprint density at radius 1 is 1.30 bits per heavy atom. The van der Waals surface area contributed by atoms with Gasteiger partial charge in [-0.2, -0.15) is 0 Å². The molecule has 1 fully saturated rings. The molecule has 3 heteroatoms. The van der Waals surface area contributed by atoms with Crippen LogP contribution in [-0.4, -0.2) is 12.2 Å². The zero-order chi connectivity index (χ0) is 6.97. The molecule has 3 nitrogen and oxygen atoms in total. The third-order valence-electron chi connectivity index (χ3n) is 1.46. The van der Waals surface area contributed by atoms with Gasteiger partial charge < -0.3 is 5.73 Å². The molecule has 2 N–H and O–H groups in total. The molecular formula is C7H6N3. The van der Waals surface area contributed by atoms with Crippen molar-refractivity contribution in [1.82, 2.24) is 0 Å². The number of aliphatic imine (C=N–C) groups is 2. The van der Waals surface area contributed by atoms with Gasteiger partial charge in [-0.3, -0.25) is 4.99 Å². The Kier molecular flexibility index (Phi) is 1.22. The summed E-state index contributed by atoms with van der Waals surface area (Å²) < 4.78 is 0. The number of fused-ring (bicyclic) bond motifs is 1. The topological polar surface area (TPSA) is 50.7 Å². The van der Waals surface area contributed by atoms with Crippen molar-refractivity contribution >= 4 is 12.2 Å². The van der Waals surface area contributed by atoms with E-state index >= 15 is 0 Å². The minimum Gasteiger partial charge on any atom is -0.387 e. The number of nitrogens with two attached hydrogens (primary N) is 1. The molecule has 2 aliphatic rings. The van der Waals surface area contributed by atoms with Crippen LogP contribution in [0.1, 0.15) is 0 Å². The van der Waals surface area contributed by atoms with E-state index in [-0.39, 0.29) is 0 Å². The summed E-state index contributed by atoms with van der Waals surface area (Å²) in [5, 5.41) is 0. The highest BCUT2D eigenvalue weighted by atomic mass is 15.0. The smallest absolute Gasteiger partial charge is 0.112 e. The van der Waals surface area contributed by atoms with Crippen molar-refractivity contribution in [3.05, 3.63) is 31.2 Å². The Labute approximate surface area is 60.0 Å². The second-order valence-electron chi connectivity index (χ2n) is 2.08. The SMILES string of the molecule is NC1=NC=N[C]2[CH][CH][CH][C]21. The fraction of sp³-hybridized carbons (Fsp3) is 0. The first-order chi connectivity index (χ1) is 4.88. The van der Waals surface area contributed by atoms with Crippen molar-refractivity contribution < 1.29 is 0 Å². The van der Waals surface area contributed by atoms with E-state index in [1.807, 2.05) is 19.3 Å². The van der Waals surface area contributed by atoms with Crippen LogP contribution in [0.2, 0.25) is 0 Å². The minimum atomic E-state index is 0.551. The molecule has 49 valence electrons. The molecular weight excluding hydrogens is 126 g/mol. The highest BCUT2D eigenvalue weighted by Crippen LogP contribution is 2.35. The molecule has 10 heavy (non-hydrogen) atoms. The highest BCUT2D eigenvalue weighted by molar-refractivity contribution is 6.05. The van der Waals surface area contributed by atoms with Crippen LogP contribution in [0.3, 0.4) is 0 Å². The molecule has 0 spiro atoms. The predicted octanol–water partition coefficient (Wildman–Crippen LogP) is 0.118. The summed E-state index contributed by atoms with van der Waals surface area (Å²) in [7, 11) is 0. The van der Waals surface area contributed by atoms with Gasteiger partial charge in [-0.1, -0.05) is 0 Å². The van der Waals surface area contributed by atoms with Crippen LogP contribution in [0.4, 0.5) is 0 Å². The summed E-state index contributed by atoms with van der Waals surface area (Å²) in [6.07, 6.45) is 7.20. The number of hydrogen-bond acceptors (Lipinski definition) is 3. The second kappa shape index (κ2) is 2.08. The van der Waals surface area contributed by atoms with E-state index in [0.717, 1.165) is 12.0 Å². The number of nitrogens with zero attached hydrogens (tertiary/aromatic N) is 2.